The van der Waals surface area contributed by atoms with Crippen molar-refractivity contribution < 1.29 is 23.0 Å². The van der Waals surface area contributed by atoms with Gasteiger partial charge in [-0.1, -0.05) is 30.9 Å². The fourth-order valence-electron chi connectivity index (χ4n) is 1.98. The molecule has 5 heteroatoms. The molecule has 0 aliphatic heterocycles. The summed E-state index contributed by atoms with van der Waals surface area (Å²) >= 11 is 0. The Morgan fingerprint density at radius 1 is 1.14 bits per heavy atom. The van der Waals surface area contributed by atoms with Gasteiger partial charge in [-0.15, -0.1) is 0 Å². The Kier molecular flexibility index (Phi) is 4.53. The Morgan fingerprint density at radius 2 is 1.81 bits per heavy atom. The summed E-state index contributed by atoms with van der Waals surface area (Å²) in [5.74, 6) is 0.426. The molecule has 2 rings (SSSR count). The van der Waals surface area contributed by atoms with Crippen LogP contribution in [0.25, 0.3) is 16.8 Å². The Morgan fingerprint density at radius 3 is 2.48 bits per heavy atom. The minimum absolute atomic E-state index is 0.393. The van der Waals surface area contributed by atoms with E-state index in [4.69, 9.17) is 4.74 Å². The topological polar surface area (TPSA) is 29.5 Å². The van der Waals surface area contributed by atoms with Gasteiger partial charge in [0.25, 0.3) is 0 Å². The average Bonchev–Trinajstić information content (AvgIpc) is 2.42. The van der Waals surface area contributed by atoms with Gasteiger partial charge in [0.2, 0.25) is 0 Å². The normalized spacial score (nSPS) is 13.1. The molecule has 1 N–H and O–H groups in total. The van der Waals surface area contributed by atoms with Crippen molar-refractivity contribution in [2.24, 2.45) is 0 Å². The van der Waals surface area contributed by atoms with Crippen LogP contribution in [-0.4, -0.2) is 24.0 Å². The van der Waals surface area contributed by atoms with Gasteiger partial charge in [-0.25, -0.2) is 0 Å². The van der Waals surface area contributed by atoms with Crippen LogP contribution in [0.3, 0.4) is 0 Å². The van der Waals surface area contributed by atoms with Crippen LogP contribution >= 0.6 is 0 Å². The summed E-state index contributed by atoms with van der Waals surface area (Å²) in [6.45, 7) is 3.30. The van der Waals surface area contributed by atoms with Crippen LogP contribution < -0.4 is 4.74 Å². The predicted octanol–water partition coefficient (Wildman–Crippen LogP) is 4.17. The van der Waals surface area contributed by atoms with Crippen molar-refractivity contribution in [3.63, 3.8) is 0 Å². The van der Waals surface area contributed by atoms with Gasteiger partial charge in [-0.2, -0.15) is 13.2 Å². The molecule has 0 aliphatic rings. The lowest BCUT2D eigenvalue weighted by molar-refractivity contribution is -0.156. The van der Waals surface area contributed by atoms with E-state index in [1.165, 1.54) is 0 Å². The Bertz CT molecular complexity index is 635. The van der Waals surface area contributed by atoms with Crippen molar-refractivity contribution in [3.8, 4) is 5.75 Å². The quantitative estimate of drug-likeness (QED) is 0.897. The summed E-state index contributed by atoms with van der Waals surface area (Å²) in [6.07, 6.45) is -5.50. The van der Waals surface area contributed by atoms with Crippen LogP contribution in [0.2, 0.25) is 0 Å². The first-order chi connectivity index (χ1) is 9.87. The lowest BCUT2D eigenvalue weighted by atomic mass is 10.1. The zero-order chi connectivity index (χ0) is 15.5. The first-order valence-electron chi connectivity index (χ1n) is 6.41. The fourth-order valence-corrected chi connectivity index (χ4v) is 1.98. The minimum Gasteiger partial charge on any atom is -0.491 e. The maximum atomic E-state index is 12.1. The van der Waals surface area contributed by atoms with E-state index in [9.17, 15) is 18.3 Å². The zero-order valence-electron chi connectivity index (χ0n) is 11.2. The number of hydrogen-bond donors (Lipinski definition) is 1. The summed E-state index contributed by atoms with van der Waals surface area (Å²) < 4.78 is 41.5. The van der Waals surface area contributed by atoms with Gasteiger partial charge in [0.1, 0.15) is 12.4 Å². The smallest absolute Gasteiger partial charge is 0.391 e. The molecule has 1 atom stereocenters. The molecule has 0 aliphatic carbocycles. The van der Waals surface area contributed by atoms with Crippen molar-refractivity contribution in [1.82, 2.24) is 0 Å². The maximum Gasteiger partial charge on any atom is 0.391 e. The largest absolute Gasteiger partial charge is 0.491 e. The summed E-state index contributed by atoms with van der Waals surface area (Å²) in [5, 5.41) is 11.2. The molecule has 2 aromatic carbocycles. The fraction of sp³-hybridized carbons (Fsp3) is 0.250. The highest BCUT2D eigenvalue weighted by molar-refractivity contribution is 5.85. The van der Waals surface area contributed by atoms with Crippen LogP contribution in [0.5, 0.6) is 5.75 Å². The minimum atomic E-state index is -4.40. The van der Waals surface area contributed by atoms with Gasteiger partial charge in [-0.3, -0.25) is 0 Å². The monoisotopic (exact) mass is 296 g/mol. The van der Waals surface area contributed by atoms with Gasteiger partial charge in [0, 0.05) is 0 Å². The molecule has 0 fully saturated rings. The van der Waals surface area contributed by atoms with Crippen molar-refractivity contribution >= 4 is 16.8 Å². The first kappa shape index (κ1) is 15.4. The van der Waals surface area contributed by atoms with E-state index < -0.39 is 25.3 Å². The molecule has 1 unspecified atom stereocenters. The Labute approximate surface area is 120 Å². The predicted molar refractivity (Wildman–Crippen MR) is 76.2 cm³/mol. The number of benzene rings is 2. The molecule has 0 bridgehead atoms. The van der Waals surface area contributed by atoms with Crippen LogP contribution in [0, 0.1) is 0 Å². The lowest BCUT2D eigenvalue weighted by Gasteiger charge is -2.14. The van der Waals surface area contributed by atoms with Gasteiger partial charge < -0.3 is 9.84 Å². The van der Waals surface area contributed by atoms with E-state index in [1.54, 1.807) is 18.2 Å². The van der Waals surface area contributed by atoms with Gasteiger partial charge in [0.05, 0.1) is 12.5 Å². The number of alkyl halides is 3. The molecule has 112 valence electrons. The highest BCUT2D eigenvalue weighted by Crippen LogP contribution is 2.24. The van der Waals surface area contributed by atoms with E-state index in [-0.39, 0.29) is 0 Å². The molecule has 0 aromatic heterocycles. The number of ether oxygens (including phenoxy) is 1. The van der Waals surface area contributed by atoms with Crippen LogP contribution in [0.4, 0.5) is 13.2 Å². The molecule has 0 amide bonds. The molecule has 0 spiro atoms. The Balaban J connectivity index is 2.04. The van der Waals surface area contributed by atoms with Crippen LogP contribution in [0.15, 0.2) is 43.0 Å². The molecule has 0 saturated heterocycles. The van der Waals surface area contributed by atoms with E-state index in [1.807, 2.05) is 24.3 Å². The number of halogens is 3. The second-order valence-electron chi connectivity index (χ2n) is 4.76. The first-order valence-corrected chi connectivity index (χ1v) is 6.41. The number of aliphatic hydroxyl groups is 1. The summed E-state index contributed by atoms with van der Waals surface area (Å²) in [5.41, 5.74) is 0.983. The van der Waals surface area contributed by atoms with Crippen molar-refractivity contribution in [2.75, 3.05) is 6.61 Å². The van der Waals surface area contributed by atoms with E-state index in [0.717, 1.165) is 16.3 Å². The third kappa shape index (κ3) is 4.49. The molecule has 21 heavy (non-hydrogen) atoms. The van der Waals surface area contributed by atoms with Crippen molar-refractivity contribution in [2.45, 2.75) is 18.7 Å². The second-order valence-corrected chi connectivity index (χ2v) is 4.76. The second kappa shape index (κ2) is 6.18. The SMILES string of the molecule is C=Cc1ccc2cc(OCC(O)CC(F)(F)F)ccc2c1. The van der Waals surface area contributed by atoms with E-state index in [2.05, 4.69) is 6.58 Å². The number of rotatable bonds is 5. The van der Waals surface area contributed by atoms with Crippen LogP contribution in [0.1, 0.15) is 12.0 Å². The number of aliphatic hydroxyl groups excluding tert-OH is 1. The van der Waals surface area contributed by atoms with E-state index >= 15 is 0 Å². The molecule has 0 radical (unpaired) electrons. The standard InChI is InChI=1S/C16H15F3O2/c1-2-11-3-4-13-8-15(6-5-12(13)7-11)21-10-14(20)9-16(17,18)19/h2-8,14,20H,1,9-10H2. The summed E-state index contributed by atoms with van der Waals surface area (Å²) in [6, 6.07) is 10.9. The number of fused-ring (bicyclic) bond motifs is 1. The summed E-state index contributed by atoms with van der Waals surface area (Å²) in [7, 11) is 0. The zero-order valence-corrected chi connectivity index (χ0v) is 11.2. The molecule has 2 aromatic rings. The van der Waals surface area contributed by atoms with Gasteiger partial charge in [-0.05, 0) is 34.5 Å². The van der Waals surface area contributed by atoms with Crippen molar-refractivity contribution in [3.05, 3.63) is 48.5 Å². The van der Waals surface area contributed by atoms with Crippen molar-refractivity contribution in [1.29, 1.82) is 0 Å². The van der Waals surface area contributed by atoms with E-state index in [0.29, 0.717) is 5.75 Å². The maximum absolute atomic E-state index is 12.1. The van der Waals surface area contributed by atoms with Gasteiger partial charge >= 0.3 is 6.18 Å². The highest BCUT2D eigenvalue weighted by atomic mass is 19.4. The third-order valence-corrected chi connectivity index (χ3v) is 2.98. The molecule has 0 saturated carbocycles. The molecule has 2 nitrogen and oxygen atoms in total. The highest BCUT2D eigenvalue weighted by Gasteiger charge is 2.31. The van der Waals surface area contributed by atoms with Gasteiger partial charge in [0.15, 0.2) is 0 Å². The third-order valence-electron chi connectivity index (χ3n) is 2.98. The average molecular weight is 296 g/mol. The van der Waals surface area contributed by atoms with Crippen LogP contribution in [-0.2, 0) is 0 Å². The Hall–Kier alpha value is -2.01. The molecular weight excluding hydrogens is 281 g/mol. The molecular formula is C16H15F3O2. The molecule has 0 heterocycles. The lowest BCUT2D eigenvalue weighted by Crippen LogP contribution is -2.25. The number of hydrogen-bond acceptors (Lipinski definition) is 2. The summed E-state index contributed by atoms with van der Waals surface area (Å²) in [4.78, 5) is 0.